The Kier molecular flexibility index (Phi) is 30.9. The summed E-state index contributed by atoms with van der Waals surface area (Å²) < 4.78 is 39.6. The molecule has 0 radical (unpaired) electrons. The molecule has 1 unspecified atom stereocenters. The molecule has 3 saturated heterocycles. The first kappa shape index (κ1) is 74.0. The quantitative estimate of drug-likeness (QED) is 0.0411. The average molecular weight is 1300 g/mol. The Labute approximate surface area is 541 Å². The Morgan fingerprint density at radius 1 is 0.656 bits per heavy atom. The Balaban J connectivity index is 0.906. The summed E-state index contributed by atoms with van der Waals surface area (Å²) in [5.74, 6) is -8.29. The third-order valence-corrected chi connectivity index (χ3v) is 16.5. The van der Waals surface area contributed by atoms with E-state index >= 15 is 0 Å². The average Bonchev–Trinajstić information content (AvgIpc) is 1.78. The molecule has 0 spiro atoms. The number of nitrogens with zero attached hydrogens (tertiary/aromatic N) is 9. The Bertz CT molecular complexity index is 2970. The van der Waals surface area contributed by atoms with Gasteiger partial charge in [0.05, 0.1) is 69.6 Å². The maximum Gasteiger partial charge on any atom is 0.317 e. The van der Waals surface area contributed by atoms with E-state index in [1.165, 1.54) is 17.8 Å². The third kappa shape index (κ3) is 27.2. The molecule has 3 aliphatic rings. The van der Waals surface area contributed by atoms with E-state index in [0.717, 1.165) is 49.4 Å². The van der Waals surface area contributed by atoms with E-state index in [2.05, 4.69) is 31.2 Å². The second-order valence-electron chi connectivity index (χ2n) is 23.8. The van der Waals surface area contributed by atoms with Crippen LogP contribution in [0.1, 0.15) is 85.7 Å². The van der Waals surface area contributed by atoms with Gasteiger partial charge in [-0.3, -0.25) is 72.6 Å². The lowest BCUT2D eigenvalue weighted by Gasteiger charge is -2.34. The molecule has 6 amide bonds. The molecule has 93 heavy (non-hydrogen) atoms. The van der Waals surface area contributed by atoms with Gasteiger partial charge in [-0.05, 0) is 88.2 Å². The molecule has 4 heterocycles. The van der Waals surface area contributed by atoms with Crippen LogP contribution in [0.25, 0.3) is 10.9 Å². The molecule has 3 fully saturated rings. The van der Waals surface area contributed by atoms with Crippen molar-refractivity contribution < 1.29 is 76.7 Å². The fourth-order valence-electron chi connectivity index (χ4n) is 11.2. The summed E-state index contributed by atoms with van der Waals surface area (Å²) in [5.41, 5.74) is 3.05. The molecular weight excluding hydrogens is 1210 g/mol. The minimum Gasteiger partial charge on any atom is -0.494 e. The Morgan fingerprint density at radius 3 is 1.90 bits per heavy atom. The number of likely N-dealkylation sites (tertiary alicyclic amines) is 1. The smallest absolute Gasteiger partial charge is 0.317 e. The van der Waals surface area contributed by atoms with E-state index in [0.29, 0.717) is 74.9 Å². The molecule has 510 valence electrons. The standard InChI is InChI=1S/C64H91F2N13O14/c1-47-11-13-48(14-12-47)8-7-9-55(80)69-21-37-92-36-18-54(72-56(81)42-74-23-25-75(43-59(84)85)27-29-77(45-61(88)89)30-28-76(26-24-74)44-60(86)87)63(91)70-19-4-2-3-10-57(82)78-33-31-73(32-34-78)22-5-6-35-93-50-15-16-53-52(38-50)51(17-20-68-53)62(90)71-41-58(83)79-46-64(65,66)39-49(79)40-67/h11-17,20,38,49,54H,2-10,18-19,21-37,39,41-46H2,1H3,(H,69,80)(H,70,91)(H,71,90)(H,72,81)(H,84,85)(H,86,87)(H,88,89)/t49-,54?/m1/s1. The maximum atomic E-state index is 13.9. The normalized spacial score (nSPS) is 17.5. The number of aliphatic carboxylic acids is 3. The van der Waals surface area contributed by atoms with Crippen LogP contribution in [0.3, 0.4) is 0 Å². The van der Waals surface area contributed by atoms with E-state index in [9.17, 15) is 72.5 Å². The number of aromatic nitrogens is 1. The molecule has 1 aromatic heterocycles. The number of nitriles is 1. The van der Waals surface area contributed by atoms with Gasteiger partial charge in [0, 0.05) is 129 Å². The maximum absolute atomic E-state index is 13.9. The van der Waals surface area contributed by atoms with Crippen LogP contribution in [0.5, 0.6) is 5.75 Å². The minimum absolute atomic E-state index is 0.0549. The molecule has 29 heteroatoms. The van der Waals surface area contributed by atoms with Gasteiger partial charge in [-0.15, -0.1) is 0 Å². The first-order chi connectivity index (χ1) is 44.6. The summed E-state index contributed by atoms with van der Waals surface area (Å²) in [6.45, 7) is 5.69. The number of carbonyl (C=O) groups excluding carboxylic acids is 6. The number of carbonyl (C=O) groups is 9. The van der Waals surface area contributed by atoms with Gasteiger partial charge in [-0.2, -0.15) is 5.26 Å². The number of hydrogen-bond acceptors (Lipinski definition) is 18. The van der Waals surface area contributed by atoms with Crippen LogP contribution in [-0.4, -0.2) is 283 Å². The van der Waals surface area contributed by atoms with Crippen molar-refractivity contribution in [1.29, 1.82) is 5.26 Å². The summed E-state index contributed by atoms with van der Waals surface area (Å²) in [6.07, 6.45) is 6.35. The highest BCUT2D eigenvalue weighted by molar-refractivity contribution is 6.07. The van der Waals surface area contributed by atoms with Gasteiger partial charge in [0.25, 0.3) is 11.8 Å². The zero-order valence-electron chi connectivity index (χ0n) is 53.2. The number of aryl methyl sites for hydroxylation is 2. The molecule has 6 rings (SSSR count). The van der Waals surface area contributed by atoms with E-state index in [1.807, 2.05) is 36.1 Å². The number of pyridine rings is 1. The SMILES string of the molecule is Cc1ccc(CCCC(=O)NCCOCCC(NC(=O)CN2CCN(CC(=O)O)CCN(CC(=O)O)CCN(CC(=O)O)CC2)C(=O)NCCCCCC(=O)N2CCN(CCCCOc3ccc4nccc(C(=O)NCC(=O)N5CC(F)(F)C[C@@H]5C#N)c4c3)CC2)cc1. The number of nitrogens with one attached hydrogen (secondary N) is 4. The van der Waals surface area contributed by atoms with Crippen LogP contribution < -0.4 is 26.0 Å². The number of halogens is 2. The number of hydrogen-bond donors (Lipinski definition) is 7. The highest BCUT2D eigenvalue weighted by atomic mass is 19.3. The number of carboxylic acid groups (broad SMARTS) is 3. The number of alkyl halides is 2. The van der Waals surface area contributed by atoms with Crippen molar-refractivity contribution in [2.75, 3.05) is 157 Å². The Hall–Kier alpha value is -8.01. The van der Waals surface area contributed by atoms with Crippen molar-refractivity contribution in [3.63, 3.8) is 0 Å². The van der Waals surface area contributed by atoms with Crippen LogP contribution in [0, 0.1) is 18.3 Å². The summed E-state index contributed by atoms with van der Waals surface area (Å²) in [4.78, 5) is 131. The Morgan fingerprint density at radius 2 is 1.28 bits per heavy atom. The van der Waals surface area contributed by atoms with Crippen molar-refractivity contribution in [2.24, 2.45) is 0 Å². The van der Waals surface area contributed by atoms with Gasteiger partial charge in [0.15, 0.2) is 0 Å². The fraction of sp³-hybridized carbons (Fsp3) is 0.609. The largest absolute Gasteiger partial charge is 0.494 e. The number of fused-ring (bicyclic) bond motifs is 1. The summed E-state index contributed by atoms with van der Waals surface area (Å²) in [5, 5.41) is 49.7. The second kappa shape index (κ2) is 38.9. The molecule has 0 bridgehead atoms. The van der Waals surface area contributed by atoms with Gasteiger partial charge in [-0.25, -0.2) is 8.78 Å². The molecule has 2 aromatic carbocycles. The number of carboxylic acids is 3. The van der Waals surface area contributed by atoms with Crippen LogP contribution in [0.15, 0.2) is 54.7 Å². The highest BCUT2D eigenvalue weighted by Crippen LogP contribution is 2.32. The van der Waals surface area contributed by atoms with Crippen LogP contribution in [-0.2, 0) is 49.5 Å². The topological polar surface area (TPSA) is 340 Å². The second-order valence-corrected chi connectivity index (χ2v) is 23.8. The van der Waals surface area contributed by atoms with Crippen molar-refractivity contribution >= 4 is 64.3 Å². The molecule has 3 aromatic rings. The zero-order valence-corrected chi connectivity index (χ0v) is 53.2. The number of rotatable bonds is 35. The van der Waals surface area contributed by atoms with Crippen molar-refractivity contribution in [3.05, 3.63) is 71.4 Å². The fourth-order valence-corrected chi connectivity index (χ4v) is 11.2. The monoisotopic (exact) mass is 1300 g/mol. The molecule has 0 saturated carbocycles. The summed E-state index contributed by atoms with van der Waals surface area (Å²) >= 11 is 0. The van der Waals surface area contributed by atoms with Crippen LogP contribution in [0.2, 0.25) is 0 Å². The predicted octanol–water partition coefficient (Wildman–Crippen LogP) is 1.52. The van der Waals surface area contributed by atoms with E-state index in [-0.39, 0.29) is 129 Å². The van der Waals surface area contributed by atoms with Gasteiger partial charge in [0.1, 0.15) is 17.8 Å². The summed E-state index contributed by atoms with van der Waals surface area (Å²) in [7, 11) is 0. The van der Waals surface area contributed by atoms with E-state index in [1.54, 1.807) is 43.9 Å². The molecule has 7 N–H and O–H groups in total. The van der Waals surface area contributed by atoms with Gasteiger partial charge < -0.3 is 55.9 Å². The molecule has 27 nitrogen and oxygen atoms in total. The first-order valence-electron chi connectivity index (χ1n) is 32.0. The lowest BCUT2D eigenvalue weighted by Crippen LogP contribution is -2.52. The summed E-state index contributed by atoms with van der Waals surface area (Å²) in [6, 6.07) is 14.2. The van der Waals surface area contributed by atoms with Crippen molar-refractivity contribution in [3.8, 4) is 11.8 Å². The zero-order chi connectivity index (χ0) is 67.1. The number of amides is 6. The molecule has 3 aliphatic heterocycles. The molecule has 2 atom stereocenters. The number of unbranched alkanes of at least 4 members (excludes halogenated alkanes) is 3. The highest BCUT2D eigenvalue weighted by Gasteiger charge is 2.47. The van der Waals surface area contributed by atoms with Gasteiger partial charge >= 0.3 is 17.9 Å². The van der Waals surface area contributed by atoms with E-state index in [4.69, 9.17) is 9.47 Å². The third-order valence-electron chi connectivity index (χ3n) is 16.5. The number of ether oxygens (including phenoxy) is 2. The molecular formula is C64H91F2N13O14. The van der Waals surface area contributed by atoms with E-state index < -0.39 is 79.1 Å². The van der Waals surface area contributed by atoms with Crippen molar-refractivity contribution in [1.82, 2.24) is 60.6 Å². The lowest BCUT2D eigenvalue weighted by molar-refractivity contribution is -0.140. The first-order valence-corrected chi connectivity index (χ1v) is 32.0. The molecule has 0 aliphatic carbocycles. The number of benzene rings is 2. The van der Waals surface area contributed by atoms with Gasteiger partial charge in [0.2, 0.25) is 29.5 Å². The predicted molar refractivity (Wildman–Crippen MR) is 337 cm³/mol. The minimum atomic E-state index is -3.18. The van der Waals surface area contributed by atoms with Gasteiger partial charge in [-0.1, -0.05) is 36.2 Å². The van der Waals surface area contributed by atoms with Crippen molar-refractivity contribution in [2.45, 2.75) is 95.6 Å². The van der Waals surface area contributed by atoms with Crippen LogP contribution in [0.4, 0.5) is 8.78 Å². The van der Waals surface area contributed by atoms with Crippen LogP contribution >= 0.6 is 0 Å². The lowest BCUT2D eigenvalue weighted by atomic mass is 10.1. The number of piperazine rings is 1.